The second-order valence-corrected chi connectivity index (χ2v) is 7.75. The van der Waals surface area contributed by atoms with Gasteiger partial charge in [0.15, 0.2) is 17.5 Å². The molecular formula is C22H24N2O4S. The molecule has 0 spiro atoms. The monoisotopic (exact) mass is 412 g/mol. The van der Waals surface area contributed by atoms with Gasteiger partial charge in [-0.2, -0.15) is 0 Å². The number of anilines is 1. The lowest BCUT2D eigenvalue weighted by molar-refractivity contribution is -0.125. The van der Waals surface area contributed by atoms with Crippen molar-refractivity contribution in [1.82, 2.24) is 5.32 Å². The van der Waals surface area contributed by atoms with Gasteiger partial charge in [0.25, 0.3) is 0 Å². The maximum Gasteiger partial charge on any atom is 0.303 e. The summed E-state index contributed by atoms with van der Waals surface area (Å²) >= 11 is 1.41. The fourth-order valence-corrected chi connectivity index (χ4v) is 4.41. The Balaban J connectivity index is 2.04. The average molecular weight is 413 g/mol. The van der Waals surface area contributed by atoms with Crippen molar-refractivity contribution in [3.8, 4) is 23.8 Å². The number of hydrogen-bond acceptors (Lipinski definition) is 5. The quantitative estimate of drug-likeness (QED) is 0.707. The van der Waals surface area contributed by atoms with E-state index in [1.54, 1.807) is 18.2 Å². The first-order chi connectivity index (χ1) is 14.1. The van der Waals surface area contributed by atoms with Crippen LogP contribution < -0.4 is 19.7 Å². The number of nitrogens with zero attached hydrogens (tertiary/aromatic N) is 1. The smallest absolute Gasteiger partial charge is 0.303 e. The number of terminal acetylenes is 1. The summed E-state index contributed by atoms with van der Waals surface area (Å²) in [4.78, 5) is 28.2. The van der Waals surface area contributed by atoms with Crippen LogP contribution in [0.25, 0.3) is 0 Å². The van der Waals surface area contributed by atoms with Crippen LogP contribution in [0.5, 0.6) is 11.5 Å². The van der Waals surface area contributed by atoms with Crippen LogP contribution >= 0.6 is 11.3 Å². The van der Waals surface area contributed by atoms with Crippen molar-refractivity contribution in [2.45, 2.75) is 37.8 Å². The number of thiophene rings is 1. The van der Waals surface area contributed by atoms with E-state index in [4.69, 9.17) is 15.9 Å². The second kappa shape index (κ2) is 9.48. The Bertz CT molecular complexity index is 898. The molecule has 2 aromatic rings. The van der Waals surface area contributed by atoms with Gasteiger partial charge in [-0.25, -0.2) is 0 Å². The minimum Gasteiger partial charge on any atom is -0.493 e. The maximum absolute atomic E-state index is 13.3. The molecule has 1 aromatic carbocycles. The fourth-order valence-electron chi connectivity index (χ4n) is 3.60. The van der Waals surface area contributed by atoms with Crippen molar-refractivity contribution in [2.24, 2.45) is 0 Å². The van der Waals surface area contributed by atoms with Crippen LogP contribution in [0.3, 0.4) is 0 Å². The molecule has 0 unspecified atom stereocenters. The summed E-state index contributed by atoms with van der Waals surface area (Å²) in [7, 11) is 3.05. The Kier molecular flexibility index (Phi) is 6.78. The van der Waals surface area contributed by atoms with Gasteiger partial charge in [-0.15, -0.1) is 17.8 Å². The van der Waals surface area contributed by atoms with E-state index < -0.39 is 11.9 Å². The molecule has 0 saturated heterocycles. The molecule has 1 heterocycles. The standard InChI is InChI=1S/C22H24N2O4S/c1-4-20(25)24(16-11-12-17(27-2)18(14-16)28-3)21(19-10-7-13-29-19)22(26)23-15-8-5-6-9-15/h1,7,10-15,21H,5-6,8-9H2,2-3H3,(H,23,26)/t21-/m0/s1. The van der Waals surface area contributed by atoms with E-state index in [2.05, 4.69) is 11.2 Å². The average Bonchev–Trinajstić information content (AvgIpc) is 3.45. The summed E-state index contributed by atoms with van der Waals surface area (Å²) < 4.78 is 10.6. The van der Waals surface area contributed by atoms with Gasteiger partial charge in [0, 0.05) is 22.7 Å². The molecule has 1 saturated carbocycles. The number of benzene rings is 1. The molecule has 0 bridgehead atoms. The zero-order chi connectivity index (χ0) is 20.8. The predicted molar refractivity (Wildman–Crippen MR) is 113 cm³/mol. The first kappa shape index (κ1) is 20.7. The molecule has 6 nitrogen and oxygen atoms in total. The molecule has 7 heteroatoms. The summed E-state index contributed by atoms with van der Waals surface area (Å²) in [6, 6.07) is 7.97. The van der Waals surface area contributed by atoms with Gasteiger partial charge < -0.3 is 14.8 Å². The van der Waals surface area contributed by atoms with Gasteiger partial charge in [-0.05, 0) is 42.3 Å². The molecule has 1 aromatic heterocycles. The van der Waals surface area contributed by atoms with Crippen LogP contribution in [0.15, 0.2) is 35.7 Å². The number of nitrogens with one attached hydrogen (secondary N) is 1. The van der Waals surface area contributed by atoms with Crippen molar-refractivity contribution in [2.75, 3.05) is 19.1 Å². The van der Waals surface area contributed by atoms with E-state index in [1.165, 1.54) is 30.5 Å². The van der Waals surface area contributed by atoms with Crippen molar-refractivity contribution >= 4 is 28.8 Å². The summed E-state index contributed by atoms with van der Waals surface area (Å²) in [5.74, 6) is 2.29. The lowest BCUT2D eigenvalue weighted by atomic mass is 10.1. The number of rotatable bonds is 7. The highest BCUT2D eigenvalue weighted by atomic mass is 32.1. The van der Waals surface area contributed by atoms with Gasteiger partial charge in [0.1, 0.15) is 0 Å². The molecule has 1 atom stereocenters. The van der Waals surface area contributed by atoms with Crippen molar-refractivity contribution in [3.63, 3.8) is 0 Å². The van der Waals surface area contributed by atoms with Crippen molar-refractivity contribution < 1.29 is 19.1 Å². The first-order valence-electron chi connectivity index (χ1n) is 9.44. The van der Waals surface area contributed by atoms with Crippen LogP contribution in [0.4, 0.5) is 5.69 Å². The van der Waals surface area contributed by atoms with Crippen LogP contribution in [0.1, 0.15) is 36.6 Å². The van der Waals surface area contributed by atoms with E-state index in [0.717, 1.165) is 30.6 Å². The number of ether oxygens (including phenoxy) is 2. The van der Waals surface area contributed by atoms with Crippen molar-refractivity contribution in [3.05, 3.63) is 40.6 Å². The largest absolute Gasteiger partial charge is 0.493 e. The third-order valence-corrected chi connectivity index (χ3v) is 5.93. The fraction of sp³-hybridized carbons (Fsp3) is 0.364. The minimum absolute atomic E-state index is 0.123. The number of amides is 2. The minimum atomic E-state index is -0.864. The molecule has 1 N–H and O–H groups in total. The zero-order valence-electron chi connectivity index (χ0n) is 16.5. The van der Waals surface area contributed by atoms with E-state index in [1.807, 2.05) is 17.5 Å². The number of hydrogen-bond donors (Lipinski definition) is 1. The molecule has 152 valence electrons. The molecular weight excluding hydrogens is 388 g/mol. The summed E-state index contributed by atoms with van der Waals surface area (Å²) in [5.41, 5.74) is 0.463. The molecule has 0 radical (unpaired) electrons. The Labute approximate surface area is 174 Å². The van der Waals surface area contributed by atoms with E-state index >= 15 is 0 Å². The first-order valence-corrected chi connectivity index (χ1v) is 10.3. The van der Waals surface area contributed by atoms with Gasteiger partial charge in [-0.1, -0.05) is 18.9 Å². The summed E-state index contributed by atoms with van der Waals surface area (Å²) in [5, 5.41) is 4.97. The Morgan fingerprint density at radius 3 is 2.52 bits per heavy atom. The number of methoxy groups -OCH3 is 2. The van der Waals surface area contributed by atoms with Crippen LogP contribution in [0.2, 0.25) is 0 Å². The number of carbonyl (C=O) groups excluding carboxylic acids is 2. The third kappa shape index (κ3) is 4.54. The third-order valence-electron chi connectivity index (χ3n) is 5.01. The molecule has 0 aliphatic heterocycles. The molecule has 1 aliphatic carbocycles. The van der Waals surface area contributed by atoms with Crippen LogP contribution in [0, 0.1) is 12.3 Å². The molecule has 3 rings (SSSR count). The summed E-state index contributed by atoms with van der Waals surface area (Å²) in [6.07, 6.45) is 9.55. The van der Waals surface area contributed by atoms with Gasteiger partial charge in [-0.3, -0.25) is 14.5 Å². The van der Waals surface area contributed by atoms with Gasteiger partial charge in [0.05, 0.1) is 14.2 Å². The van der Waals surface area contributed by atoms with E-state index in [-0.39, 0.29) is 11.9 Å². The number of carbonyl (C=O) groups is 2. The maximum atomic E-state index is 13.3. The molecule has 1 aliphatic rings. The normalized spacial score (nSPS) is 14.7. The molecule has 29 heavy (non-hydrogen) atoms. The lowest BCUT2D eigenvalue weighted by Gasteiger charge is -2.30. The highest BCUT2D eigenvalue weighted by Gasteiger charge is 2.34. The van der Waals surface area contributed by atoms with E-state index in [9.17, 15) is 9.59 Å². The van der Waals surface area contributed by atoms with Crippen LogP contribution in [-0.2, 0) is 9.59 Å². The van der Waals surface area contributed by atoms with Gasteiger partial charge >= 0.3 is 5.91 Å². The van der Waals surface area contributed by atoms with Gasteiger partial charge in [0.2, 0.25) is 5.91 Å². The Morgan fingerprint density at radius 1 is 1.21 bits per heavy atom. The van der Waals surface area contributed by atoms with Crippen LogP contribution in [-0.4, -0.2) is 32.1 Å². The lowest BCUT2D eigenvalue weighted by Crippen LogP contribution is -2.45. The SMILES string of the molecule is C#CC(=O)N(c1ccc(OC)c(OC)c1)[C@H](C(=O)NC1CCCC1)c1cccs1. The highest BCUT2D eigenvalue weighted by molar-refractivity contribution is 7.10. The predicted octanol–water partition coefficient (Wildman–Crippen LogP) is 3.53. The van der Waals surface area contributed by atoms with E-state index in [0.29, 0.717) is 17.2 Å². The topological polar surface area (TPSA) is 67.9 Å². The molecule has 2 amide bonds. The Morgan fingerprint density at radius 2 is 1.93 bits per heavy atom. The van der Waals surface area contributed by atoms with Crippen molar-refractivity contribution in [1.29, 1.82) is 0 Å². The summed E-state index contributed by atoms with van der Waals surface area (Å²) in [6.45, 7) is 0. The molecule has 1 fully saturated rings. The highest BCUT2D eigenvalue weighted by Crippen LogP contribution is 2.36. The Hall–Kier alpha value is -2.98. The zero-order valence-corrected chi connectivity index (χ0v) is 17.3. The second-order valence-electron chi connectivity index (χ2n) is 6.77.